The van der Waals surface area contributed by atoms with Gasteiger partial charge in [-0.15, -0.1) is 0 Å². The fourth-order valence-electron chi connectivity index (χ4n) is 4.44. The molecule has 0 aromatic heterocycles. The molecule has 0 aromatic carbocycles. The third-order valence-corrected chi connectivity index (χ3v) is 5.68. The molecule has 4 aliphatic rings. The van der Waals surface area contributed by atoms with Crippen LogP contribution in [-0.2, 0) is 14.3 Å². The molecule has 0 unspecified atom stereocenters. The molecule has 3 aliphatic heterocycles. The predicted molar refractivity (Wildman–Crippen MR) is 80.2 cm³/mol. The number of amides is 1. The molecule has 2 saturated heterocycles. The van der Waals surface area contributed by atoms with E-state index in [9.17, 15) is 19.5 Å². The van der Waals surface area contributed by atoms with E-state index in [2.05, 4.69) is 5.32 Å². The highest BCUT2D eigenvalue weighted by Crippen LogP contribution is 2.54. The Morgan fingerprint density at radius 2 is 2.17 bits per heavy atom. The standard InChI is InChI=1S/C15H18N4O5/c1-5-9(16)12(22)8-6(3-24-14(17)23)15(4-20)13-7(18-13)2-19(15)10(8)11(5)21/h6-7,13,18,20H,2-4,16H2,1H3,(H2,17,23)/t6-,7+,13+,15+/m1/s1. The molecule has 1 amide bonds. The average molecular weight is 334 g/mol. The molecule has 4 rings (SSSR count). The Balaban J connectivity index is 1.85. The molecule has 0 aromatic rings. The van der Waals surface area contributed by atoms with Gasteiger partial charge in [-0.25, -0.2) is 4.79 Å². The number of fused-ring (bicyclic) bond motifs is 4. The maximum atomic E-state index is 12.7. The Morgan fingerprint density at radius 1 is 1.46 bits per heavy atom. The lowest BCUT2D eigenvalue weighted by atomic mass is 9.77. The summed E-state index contributed by atoms with van der Waals surface area (Å²) in [4.78, 5) is 38.3. The smallest absolute Gasteiger partial charge is 0.404 e. The van der Waals surface area contributed by atoms with Gasteiger partial charge in [0.15, 0.2) is 0 Å². The average Bonchev–Trinajstić information content (AvgIpc) is 3.16. The summed E-state index contributed by atoms with van der Waals surface area (Å²) >= 11 is 0. The number of Topliss-reactive ketones (excluding diaryl/α,β-unsaturated/α-hetero) is 2. The maximum Gasteiger partial charge on any atom is 0.404 e. The number of primary amides is 1. The summed E-state index contributed by atoms with van der Waals surface area (Å²) in [5.41, 5.74) is 10.6. The van der Waals surface area contributed by atoms with E-state index in [1.165, 1.54) is 6.92 Å². The van der Waals surface area contributed by atoms with Crippen LogP contribution in [-0.4, -0.2) is 65.0 Å². The number of rotatable bonds is 3. The van der Waals surface area contributed by atoms with Gasteiger partial charge < -0.3 is 31.5 Å². The number of carbonyl (C=O) groups excluding carboxylic acids is 3. The van der Waals surface area contributed by atoms with E-state index in [4.69, 9.17) is 16.2 Å². The van der Waals surface area contributed by atoms with Crippen LogP contribution in [0.25, 0.3) is 0 Å². The monoisotopic (exact) mass is 334 g/mol. The topological polar surface area (TPSA) is 158 Å². The molecule has 0 spiro atoms. The van der Waals surface area contributed by atoms with E-state index >= 15 is 0 Å². The zero-order valence-corrected chi connectivity index (χ0v) is 13.0. The van der Waals surface area contributed by atoms with Gasteiger partial charge in [-0.2, -0.15) is 0 Å². The Labute approximate surface area is 137 Å². The minimum Gasteiger partial charge on any atom is -0.449 e. The van der Waals surface area contributed by atoms with Gasteiger partial charge in [0.25, 0.3) is 0 Å². The van der Waals surface area contributed by atoms with E-state index in [-0.39, 0.29) is 53.6 Å². The largest absolute Gasteiger partial charge is 0.449 e. The first-order valence-electron chi connectivity index (χ1n) is 7.71. The highest BCUT2D eigenvalue weighted by molar-refractivity contribution is 6.25. The minimum absolute atomic E-state index is 0.0864. The van der Waals surface area contributed by atoms with Gasteiger partial charge in [0.2, 0.25) is 11.6 Å². The van der Waals surface area contributed by atoms with Crippen molar-refractivity contribution in [2.45, 2.75) is 24.5 Å². The normalized spacial score (nSPS) is 36.8. The van der Waals surface area contributed by atoms with E-state index in [0.717, 1.165) is 0 Å². The third-order valence-electron chi connectivity index (χ3n) is 5.68. The van der Waals surface area contributed by atoms with E-state index in [1.54, 1.807) is 4.90 Å². The molecule has 128 valence electrons. The van der Waals surface area contributed by atoms with Gasteiger partial charge in [0.05, 0.1) is 35.5 Å². The highest BCUT2D eigenvalue weighted by atomic mass is 16.5. The van der Waals surface area contributed by atoms with Crippen molar-refractivity contribution in [2.24, 2.45) is 17.4 Å². The second-order valence-electron chi connectivity index (χ2n) is 6.65. The molecule has 2 fully saturated rings. The lowest BCUT2D eigenvalue weighted by molar-refractivity contribution is -0.117. The number of carbonyl (C=O) groups is 3. The van der Waals surface area contributed by atoms with Crippen molar-refractivity contribution >= 4 is 17.7 Å². The maximum absolute atomic E-state index is 12.7. The summed E-state index contributed by atoms with van der Waals surface area (Å²) in [6.07, 6.45) is -0.976. The van der Waals surface area contributed by atoms with Crippen LogP contribution < -0.4 is 16.8 Å². The summed E-state index contributed by atoms with van der Waals surface area (Å²) < 4.78 is 4.94. The molecule has 9 heteroatoms. The quantitative estimate of drug-likeness (QED) is 0.332. The van der Waals surface area contributed by atoms with Crippen LogP contribution in [0.15, 0.2) is 22.5 Å². The Morgan fingerprint density at radius 3 is 2.79 bits per heavy atom. The number of nitrogens with one attached hydrogen (secondary N) is 1. The molecule has 0 saturated carbocycles. The van der Waals surface area contributed by atoms with Crippen LogP contribution in [0.5, 0.6) is 0 Å². The first kappa shape index (κ1) is 15.2. The molecule has 24 heavy (non-hydrogen) atoms. The molecular weight excluding hydrogens is 316 g/mol. The van der Waals surface area contributed by atoms with Gasteiger partial charge >= 0.3 is 6.09 Å². The molecule has 9 nitrogen and oxygen atoms in total. The SMILES string of the molecule is CC1=C(N)C(=O)C2=C(C1=O)N1C[C@@H]3N[C@@H]3[C@]1(CO)[C@@H]2COC(N)=O. The predicted octanol–water partition coefficient (Wildman–Crippen LogP) is -2.26. The van der Waals surface area contributed by atoms with E-state index < -0.39 is 23.3 Å². The summed E-state index contributed by atoms with van der Waals surface area (Å²) in [5.74, 6) is -1.43. The zero-order valence-electron chi connectivity index (χ0n) is 13.0. The van der Waals surface area contributed by atoms with Gasteiger partial charge in [-0.1, -0.05) is 0 Å². The molecule has 0 radical (unpaired) electrons. The van der Waals surface area contributed by atoms with Crippen LogP contribution in [0.1, 0.15) is 6.92 Å². The van der Waals surface area contributed by atoms with Gasteiger partial charge in [0, 0.05) is 23.7 Å². The summed E-state index contributed by atoms with van der Waals surface area (Å²) in [6, 6.07) is 0.0467. The van der Waals surface area contributed by atoms with Gasteiger partial charge in [0.1, 0.15) is 6.61 Å². The number of ketones is 2. The number of ether oxygens (including phenoxy) is 1. The number of aliphatic hydroxyl groups is 1. The minimum atomic E-state index is -0.976. The number of piperazine rings is 1. The summed E-state index contributed by atoms with van der Waals surface area (Å²) in [7, 11) is 0. The van der Waals surface area contributed by atoms with Crippen molar-refractivity contribution in [2.75, 3.05) is 19.8 Å². The molecule has 0 bridgehead atoms. The van der Waals surface area contributed by atoms with E-state index in [0.29, 0.717) is 6.54 Å². The molecular formula is C15H18N4O5. The fourth-order valence-corrected chi connectivity index (χ4v) is 4.44. The summed E-state index contributed by atoms with van der Waals surface area (Å²) in [6.45, 7) is 1.54. The van der Waals surface area contributed by atoms with Gasteiger partial charge in [-0.05, 0) is 6.92 Å². The van der Waals surface area contributed by atoms with Crippen molar-refractivity contribution < 1.29 is 24.2 Å². The molecule has 1 aliphatic carbocycles. The third kappa shape index (κ3) is 1.58. The van der Waals surface area contributed by atoms with Crippen LogP contribution in [0.4, 0.5) is 4.79 Å². The van der Waals surface area contributed by atoms with Gasteiger partial charge in [-0.3, -0.25) is 9.59 Å². The van der Waals surface area contributed by atoms with Crippen molar-refractivity contribution in [3.63, 3.8) is 0 Å². The number of hydrogen-bond acceptors (Lipinski definition) is 8. The van der Waals surface area contributed by atoms with Crippen LogP contribution in [0, 0.1) is 5.92 Å². The molecule has 6 N–H and O–H groups in total. The number of nitrogens with two attached hydrogens (primary N) is 2. The lowest BCUT2D eigenvalue weighted by Gasteiger charge is -2.39. The lowest BCUT2D eigenvalue weighted by Crippen LogP contribution is -2.56. The van der Waals surface area contributed by atoms with Crippen LogP contribution in [0.3, 0.4) is 0 Å². The first-order valence-corrected chi connectivity index (χ1v) is 7.71. The van der Waals surface area contributed by atoms with Crippen LogP contribution in [0.2, 0.25) is 0 Å². The second kappa shape index (κ2) is 4.58. The van der Waals surface area contributed by atoms with Crippen LogP contribution >= 0.6 is 0 Å². The Hall–Kier alpha value is -2.39. The van der Waals surface area contributed by atoms with Crippen molar-refractivity contribution in [1.29, 1.82) is 0 Å². The van der Waals surface area contributed by atoms with Crippen molar-refractivity contribution in [1.82, 2.24) is 10.2 Å². The summed E-state index contributed by atoms with van der Waals surface area (Å²) in [5, 5.41) is 13.4. The number of allylic oxidation sites excluding steroid dienone is 2. The Bertz CT molecular complexity index is 757. The number of hydrogen-bond donors (Lipinski definition) is 4. The number of nitrogens with zero attached hydrogens (tertiary/aromatic N) is 1. The van der Waals surface area contributed by atoms with Crippen molar-refractivity contribution in [3.8, 4) is 0 Å². The van der Waals surface area contributed by atoms with Crippen molar-refractivity contribution in [3.05, 3.63) is 22.5 Å². The fraction of sp³-hybridized carbons (Fsp3) is 0.533. The molecule has 4 atom stereocenters. The highest BCUT2D eigenvalue weighted by Gasteiger charge is 2.71. The first-order chi connectivity index (χ1) is 11.3. The second-order valence-corrected chi connectivity index (χ2v) is 6.65. The zero-order chi connectivity index (χ0) is 17.4. The number of aliphatic hydroxyl groups excluding tert-OH is 1. The van der Waals surface area contributed by atoms with E-state index in [1.807, 2.05) is 0 Å². The Kier molecular flexibility index (Phi) is 2.89. The molecule has 3 heterocycles.